The monoisotopic (exact) mass is 329 g/mol. The van der Waals surface area contributed by atoms with Crippen LogP contribution in [0.1, 0.15) is 53.4 Å². The molecular weight excluding hydrogens is 302 g/mol. The lowest BCUT2D eigenvalue weighted by Gasteiger charge is -2.30. The lowest BCUT2D eigenvalue weighted by atomic mass is 9.80. The first-order valence-electron chi connectivity index (χ1n) is 7.66. The topological polar surface area (TPSA) is 29.1 Å². The molecule has 2 fully saturated rings. The molecule has 0 radical (unpaired) electrons. The first-order valence-corrected chi connectivity index (χ1v) is 8.78. The minimum absolute atomic E-state index is 0.151. The van der Waals surface area contributed by atoms with Crippen LogP contribution in [0, 0.1) is 28.6 Å². The molecule has 2 saturated carbocycles. The zero-order chi connectivity index (χ0) is 14.3. The van der Waals surface area contributed by atoms with Gasteiger partial charge < -0.3 is 5.32 Å². The molecule has 2 atom stereocenters. The normalized spacial score (nSPS) is 32.9. The molecule has 19 heavy (non-hydrogen) atoms. The van der Waals surface area contributed by atoms with Gasteiger partial charge in [-0.2, -0.15) is 0 Å². The highest BCUT2D eigenvalue weighted by Crippen LogP contribution is 2.68. The van der Waals surface area contributed by atoms with Crippen LogP contribution in [0.5, 0.6) is 0 Å². The summed E-state index contributed by atoms with van der Waals surface area (Å²) >= 11 is 3.62. The number of carbonyl (C=O) groups excluding carboxylic acids is 1. The van der Waals surface area contributed by atoms with Crippen molar-refractivity contribution in [2.45, 2.75) is 53.4 Å². The van der Waals surface area contributed by atoms with E-state index in [-0.39, 0.29) is 22.7 Å². The highest BCUT2D eigenvalue weighted by atomic mass is 79.9. The Hall–Kier alpha value is -0.0500. The van der Waals surface area contributed by atoms with Crippen molar-refractivity contribution >= 4 is 21.8 Å². The van der Waals surface area contributed by atoms with E-state index in [2.05, 4.69) is 48.9 Å². The molecule has 0 saturated heterocycles. The van der Waals surface area contributed by atoms with Crippen LogP contribution in [0.15, 0.2) is 0 Å². The number of hydrogen-bond acceptors (Lipinski definition) is 1. The van der Waals surface area contributed by atoms with Crippen molar-refractivity contribution in [1.82, 2.24) is 5.32 Å². The fourth-order valence-corrected chi connectivity index (χ4v) is 4.79. The van der Waals surface area contributed by atoms with Crippen LogP contribution in [0.25, 0.3) is 0 Å². The SMILES string of the molecule is CC1(C)C(C(=O)NCC2CCCCC2CBr)C1(C)C. The van der Waals surface area contributed by atoms with Gasteiger partial charge in [0, 0.05) is 17.8 Å². The van der Waals surface area contributed by atoms with Gasteiger partial charge in [-0.05, 0) is 35.5 Å². The predicted octanol–water partition coefficient (Wildman–Crippen LogP) is 3.99. The molecule has 0 heterocycles. The van der Waals surface area contributed by atoms with E-state index in [9.17, 15) is 4.79 Å². The van der Waals surface area contributed by atoms with E-state index in [0.717, 1.165) is 17.8 Å². The van der Waals surface area contributed by atoms with E-state index >= 15 is 0 Å². The first kappa shape index (κ1) is 15.3. The van der Waals surface area contributed by atoms with E-state index < -0.39 is 0 Å². The first-order chi connectivity index (χ1) is 8.82. The Bertz CT molecular complexity index is 337. The fourth-order valence-electron chi connectivity index (χ4n) is 3.94. The molecule has 2 aliphatic carbocycles. The second kappa shape index (κ2) is 5.38. The molecule has 0 spiro atoms. The number of alkyl halides is 1. The number of rotatable bonds is 4. The second-order valence-electron chi connectivity index (χ2n) is 7.58. The minimum Gasteiger partial charge on any atom is -0.356 e. The predicted molar refractivity (Wildman–Crippen MR) is 83.3 cm³/mol. The van der Waals surface area contributed by atoms with Crippen molar-refractivity contribution < 1.29 is 4.79 Å². The maximum absolute atomic E-state index is 12.4. The molecule has 3 heteroatoms. The Labute approximate surface area is 126 Å². The van der Waals surface area contributed by atoms with Gasteiger partial charge in [0.05, 0.1) is 0 Å². The Morgan fingerprint density at radius 2 is 1.63 bits per heavy atom. The summed E-state index contributed by atoms with van der Waals surface area (Å²) in [5.74, 6) is 1.87. The van der Waals surface area contributed by atoms with Gasteiger partial charge in [-0.1, -0.05) is 56.5 Å². The van der Waals surface area contributed by atoms with E-state index in [1.165, 1.54) is 25.7 Å². The third-order valence-electron chi connectivity index (χ3n) is 6.09. The van der Waals surface area contributed by atoms with Crippen molar-refractivity contribution in [1.29, 1.82) is 0 Å². The molecule has 0 aromatic carbocycles. The Balaban J connectivity index is 1.84. The van der Waals surface area contributed by atoms with Gasteiger partial charge >= 0.3 is 0 Å². The molecule has 2 nitrogen and oxygen atoms in total. The summed E-state index contributed by atoms with van der Waals surface area (Å²) in [6, 6.07) is 0. The summed E-state index contributed by atoms with van der Waals surface area (Å²) in [4.78, 5) is 12.4. The van der Waals surface area contributed by atoms with Gasteiger partial charge in [0.15, 0.2) is 0 Å². The van der Waals surface area contributed by atoms with Gasteiger partial charge in [-0.25, -0.2) is 0 Å². The Morgan fingerprint density at radius 1 is 1.11 bits per heavy atom. The number of halogens is 1. The van der Waals surface area contributed by atoms with Gasteiger partial charge in [0.2, 0.25) is 5.91 Å². The molecule has 1 N–H and O–H groups in total. The number of amides is 1. The molecule has 0 bridgehead atoms. The molecule has 0 aromatic heterocycles. The van der Waals surface area contributed by atoms with Crippen LogP contribution in [-0.4, -0.2) is 17.8 Å². The number of carbonyl (C=O) groups is 1. The number of nitrogens with one attached hydrogen (secondary N) is 1. The van der Waals surface area contributed by atoms with Crippen molar-refractivity contribution in [3.05, 3.63) is 0 Å². The molecule has 2 aliphatic rings. The summed E-state index contributed by atoms with van der Waals surface area (Å²) in [7, 11) is 0. The summed E-state index contributed by atoms with van der Waals surface area (Å²) < 4.78 is 0. The second-order valence-corrected chi connectivity index (χ2v) is 8.23. The summed E-state index contributed by atoms with van der Waals surface area (Å²) in [5.41, 5.74) is 0.303. The molecule has 2 rings (SSSR count). The van der Waals surface area contributed by atoms with E-state index in [1.807, 2.05) is 0 Å². The van der Waals surface area contributed by atoms with Gasteiger partial charge in [0.1, 0.15) is 0 Å². The van der Waals surface area contributed by atoms with Crippen LogP contribution < -0.4 is 5.32 Å². The highest BCUT2D eigenvalue weighted by molar-refractivity contribution is 9.09. The number of hydrogen-bond donors (Lipinski definition) is 1. The quantitative estimate of drug-likeness (QED) is 0.776. The smallest absolute Gasteiger partial charge is 0.224 e. The van der Waals surface area contributed by atoms with Gasteiger partial charge in [-0.3, -0.25) is 4.79 Å². The maximum atomic E-state index is 12.4. The van der Waals surface area contributed by atoms with Crippen LogP contribution in [0.2, 0.25) is 0 Å². The summed E-state index contributed by atoms with van der Waals surface area (Å²) in [6.07, 6.45) is 5.26. The minimum atomic E-state index is 0.151. The molecule has 2 unspecified atom stereocenters. The van der Waals surface area contributed by atoms with Crippen LogP contribution >= 0.6 is 15.9 Å². The summed E-state index contributed by atoms with van der Waals surface area (Å²) in [6.45, 7) is 9.70. The van der Waals surface area contributed by atoms with Gasteiger partial charge in [0.25, 0.3) is 0 Å². The largest absolute Gasteiger partial charge is 0.356 e. The fraction of sp³-hybridized carbons (Fsp3) is 0.938. The zero-order valence-electron chi connectivity index (χ0n) is 12.8. The Morgan fingerprint density at radius 3 is 2.11 bits per heavy atom. The highest BCUT2D eigenvalue weighted by Gasteiger charge is 2.68. The average Bonchev–Trinajstić information content (AvgIpc) is 2.77. The van der Waals surface area contributed by atoms with Crippen LogP contribution in [0.4, 0.5) is 0 Å². The molecule has 0 aromatic rings. The van der Waals surface area contributed by atoms with Crippen molar-refractivity contribution in [3.8, 4) is 0 Å². The van der Waals surface area contributed by atoms with Crippen molar-refractivity contribution in [3.63, 3.8) is 0 Å². The lowest BCUT2D eigenvalue weighted by molar-refractivity contribution is -0.123. The van der Waals surface area contributed by atoms with E-state index in [0.29, 0.717) is 5.92 Å². The zero-order valence-corrected chi connectivity index (χ0v) is 14.3. The van der Waals surface area contributed by atoms with Crippen LogP contribution in [-0.2, 0) is 4.79 Å². The maximum Gasteiger partial charge on any atom is 0.224 e. The summed E-state index contributed by atoms with van der Waals surface area (Å²) in [5, 5.41) is 4.31. The van der Waals surface area contributed by atoms with Crippen LogP contribution in [0.3, 0.4) is 0 Å². The molecular formula is C16H28BrNO. The van der Waals surface area contributed by atoms with Gasteiger partial charge in [-0.15, -0.1) is 0 Å². The van der Waals surface area contributed by atoms with Crippen molar-refractivity contribution in [2.75, 3.05) is 11.9 Å². The lowest BCUT2D eigenvalue weighted by Crippen LogP contribution is -2.36. The Kier molecular flexibility index (Phi) is 4.35. The van der Waals surface area contributed by atoms with E-state index in [4.69, 9.17) is 0 Å². The molecule has 0 aliphatic heterocycles. The third kappa shape index (κ3) is 2.72. The molecule has 110 valence electrons. The molecule has 1 amide bonds. The standard InChI is InChI=1S/C16H28BrNO/c1-15(2)13(16(15,3)4)14(19)18-10-12-8-6-5-7-11(12)9-17/h11-13H,5-10H2,1-4H3,(H,18,19). The third-order valence-corrected chi connectivity index (χ3v) is 6.92. The van der Waals surface area contributed by atoms with Crippen molar-refractivity contribution in [2.24, 2.45) is 28.6 Å². The average molecular weight is 330 g/mol. The van der Waals surface area contributed by atoms with E-state index in [1.54, 1.807) is 0 Å².